The Morgan fingerprint density at radius 2 is 2.17 bits per heavy atom. The van der Waals surface area contributed by atoms with E-state index in [0.717, 1.165) is 29.6 Å². The quantitative estimate of drug-likeness (QED) is 0.778. The number of carbonyl (C=O) groups excluding carboxylic acids is 1. The lowest BCUT2D eigenvalue weighted by molar-refractivity contribution is 0.0787. The standard InChI is InChI=1S/C17H17N5O/c23-17(16-14-5-1-2-6-15(14)20-21-16)22-9-7-13(11-22)19-12-4-3-8-18-10-12/h1-6,8,10,13,19H,7,9,11H2,(H,20,21). The number of likely N-dealkylation sites (tertiary alicyclic amines) is 1. The summed E-state index contributed by atoms with van der Waals surface area (Å²) in [5.74, 6) is -0.0158. The van der Waals surface area contributed by atoms with E-state index in [-0.39, 0.29) is 11.9 Å². The summed E-state index contributed by atoms with van der Waals surface area (Å²) in [5.41, 5.74) is 2.37. The van der Waals surface area contributed by atoms with Crippen LogP contribution in [-0.4, -0.2) is 45.1 Å². The third kappa shape index (κ3) is 2.63. The summed E-state index contributed by atoms with van der Waals surface area (Å²) in [7, 11) is 0. The summed E-state index contributed by atoms with van der Waals surface area (Å²) in [5, 5.41) is 11.4. The minimum Gasteiger partial charge on any atom is -0.379 e. The van der Waals surface area contributed by atoms with E-state index in [9.17, 15) is 4.79 Å². The molecule has 0 aliphatic carbocycles. The van der Waals surface area contributed by atoms with Gasteiger partial charge in [-0.1, -0.05) is 18.2 Å². The molecule has 1 aliphatic heterocycles. The van der Waals surface area contributed by atoms with Crippen LogP contribution in [0.1, 0.15) is 16.9 Å². The topological polar surface area (TPSA) is 73.9 Å². The van der Waals surface area contributed by atoms with Crippen molar-refractivity contribution >= 4 is 22.5 Å². The summed E-state index contributed by atoms with van der Waals surface area (Å²) in [4.78, 5) is 18.7. The van der Waals surface area contributed by atoms with Crippen LogP contribution in [0.2, 0.25) is 0 Å². The van der Waals surface area contributed by atoms with E-state index in [1.54, 1.807) is 12.4 Å². The highest BCUT2D eigenvalue weighted by atomic mass is 16.2. The predicted octanol–water partition coefficient (Wildman–Crippen LogP) is 2.28. The molecule has 1 saturated heterocycles. The Morgan fingerprint density at radius 1 is 1.26 bits per heavy atom. The lowest BCUT2D eigenvalue weighted by Gasteiger charge is -2.16. The van der Waals surface area contributed by atoms with E-state index in [4.69, 9.17) is 0 Å². The number of benzene rings is 1. The van der Waals surface area contributed by atoms with Gasteiger partial charge in [0.05, 0.1) is 11.2 Å². The van der Waals surface area contributed by atoms with Gasteiger partial charge < -0.3 is 10.2 Å². The second-order valence-corrected chi connectivity index (χ2v) is 5.74. The number of hydrogen-bond donors (Lipinski definition) is 2. The van der Waals surface area contributed by atoms with Gasteiger partial charge >= 0.3 is 0 Å². The number of nitrogens with zero attached hydrogens (tertiary/aromatic N) is 3. The Labute approximate surface area is 133 Å². The molecule has 1 atom stereocenters. The molecular weight excluding hydrogens is 290 g/mol. The zero-order chi connectivity index (χ0) is 15.6. The molecule has 23 heavy (non-hydrogen) atoms. The number of rotatable bonds is 3. The first kappa shape index (κ1) is 13.8. The molecule has 1 fully saturated rings. The Balaban J connectivity index is 1.48. The smallest absolute Gasteiger partial charge is 0.275 e. The van der Waals surface area contributed by atoms with Gasteiger partial charge in [-0.15, -0.1) is 0 Å². The van der Waals surface area contributed by atoms with Crippen molar-refractivity contribution in [1.82, 2.24) is 20.1 Å². The van der Waals surface area contributed by atoms with Crippen LogP contribution in [0.15, 0.2) is 48.8 Å². The van der Waals surface area contributed by atoms with Crippen LogP contribution in [0.25, 0.3) is 10.9 Å². The van der Waals surface area contributed by atoms with Gasteiger partial charge in [0.25, 0.3) is 5.91 Å². The number of H-pyrrole nitrogens is 1. The first-order valence-corrected chi connectivity index (χ1v) is 7.70. The maximum Gasteiger partial charge on any atom is 0.275 e. The van der Waals surface area contributed by atoms with Crippen LogP contribution in [0.4, 0.5) is 5.69 Å². The maximum atomic E-state index is 12.7. The van der Waals surface area contributed by atoms with Crippen molar-refractivity contribution in [1.29, 1.82) is 0 Å². The number of hydrogen-bond acceptors (Lipinski definition) is 4. The number of pyridine rings is 1. The minimum absolute atomic E-state index is 0.0158. The van der Waals surface area contributed by atoms with E-state index in [0.29, 0.717) is 12.2 Å². The molecule has 3 heterocycles. The normalized spacial score (nSPS) is 17.6. The fraction of sp³-hybridized carbons (Fsp3) is 0.235. The number of anilines is 1. The van der Waals surface area contributed by atoms with Crippen LogP contribution in [0.3, 0.4) is 0 Å². The number of amides is 1. The van der Waals surface area contributed by atoms with Crippen LogP contribution in [0, 0.1) is 0 Å². The van der Waals surface area contributed by atoms with Crippen LogP contribution in [-0.2, 0) is 0 Å². The second kappa shape index (κ2) is 5.72. The molecule has 6 nitrogen and oxygen atoms in total. The van der Waals surface area contributed by atoms with Crippen molar-refractivity contribution in [2.45, 2.75) is 12.5 Å². The monoisotopic (exact) mass is 307 g/mol. The molecule has 6 heteroatoms. The average Bonchev–Trinajstić information content (AvgIpc) is 3.22. The van der Waals surface area contributed by atoms with Crippen molar-refractivity contribution < 1.29 is 4.79 Å². The van der Waals surface area contributed by atoms with Crippen molar-refractivity contribution in [3.8, 4) is 0 Å². The molecule has 1 amide bonds. The number of para-hydroxylation sites is 1. The Morgan fingerprint density at radius 3 is 3.04 bits per heavy atom. The summed E-state index contributed by atoms with van der Waals surface area (Å²) >= 11 is 0. The van der Waals surface area contributed by atoms with Gasteiger partial charge in [0.2, 0.25) is 0 Å². The number of nitrogens with one attached hydrogen (secondary N) is 2. The molecule has 1 unspecified atom stereocenters. The first-order chi connectivity index (χ1) is 11.3. The second-order valence-electron chi connectivity index (χ2n) is 5.74. The highest BCUT2D eigenvalue weighted by Crippen LogP contribution is 2.21. The summed E-state index contributed by atoms with van der Waals surface area (Å²) in [6.45, 7) is 1.41. The number of aromatic amines is 1. The van der Waals surface area contributed by atoms with Crippen molar-refractivity contribution in [3.63, 3.8) is 0 Å². The summed E-state index contributed by atoms with van der Waals surface area (Å²) in [6.07, 6.45) is 4.47. The fourth-order valence-electron chi connectivity index (χ4n) is 3.02. The molecule has 116 valence electrons. The average molecular weight is 307 g/mol. The molecule has 0 spiro atoms. The van der Waals surface area contributed by atoms with E-state index in [1.807, 2.05) is 41.3 Å². The number of carbonyl (C=O) groups is 1. The molecule has 3 aromatic rings. The molecule has 0 saturated carbocycles. The third-order valence-electron chi connectivity index (χ3n) is 4.18. The van der Waals surface area contributed by atoms with Gasteiger partial charge in [0.1, 0.15) is 0 Å². The molecule has 4 rings (SSSR count). The number of aromatic nitrogens is 3. The largest absolute Gasteiger partial charge is 0.379 e. The van der Waals surface area contributed by atoms with E-state index in [1.165, 1.54) is 0 Å². The van der Waals surface area contributed by atoms with Crippen LogP contribution >= 0.6 is 0 Å². The van der Waals surface area contributed by atoms with Gasteiger partial charge in [0, 0.05) is 36.9 Å². The molecule has 1 aliphatic rings. The van der Waals surface area contributed by atoms with Crippen LogP contribution in [0.5, 0.6) is 0 Å². The fourth-order valence-corrected chi connectivity index (χ4v) is 3.02. The SMILES string of the molecule is O=C(c1n[nH]c2ccccc12)N1CCC(Nc2cccnc2)C1. The molecule has 0 radical (unpaired) electrons. The molecule has 0 bridgehead atoms. The van der Waals surface area contributed by atoms with Crippen LogP contribution < -0.4 is 5.32 Å². The van der Waals surface area contributed by atoms with Gasteiger partial charge in [0.15, 0.2) is 5.69 Å². The summed E-state index contributed by atoms with van der Waals surface area (Å²) in [6, 6.07) is 11.8. The van der Waals surface area contributed by atoms with E-state index < -0.39 is 0 Å². The number of fused-ring (bicyclic) bond motifs is 1. The zero-order valence-electron chi connectivity index (χ0n) is 12.6. The van der Waals surface area contributed by atoms with E-state index >= 15 is 0 Å². The highest BCUT2D eigenvalue weighted by Gasteiger charge is 2.29. The first-order valence-electron chi connectivity index (χ1n) is 7.70. The van der Waals surface area contributed by atoms with Crippen molar-refractivity contribution in [3.05, 3.63) is 54.5 Å². The van der Waals surface area contributed by atoms with Crippen molar-refractivity contribution in [2.75, 3.05) is 18.4 Å². The highest BCUT2D eigenvalue weighted by molar-refractivity contribution is 6.04. The Bertz CT molecular complexity index is 829. The Hall–Kier alpha value is -2.89. The third-order valence-corrected chi connectivity index (χ3v) is 4.18. The van der Waals surface area contributed by atoms with Gasteiger partial charge in [-0.05, 0) is 24.6 Å². The van der Waals surface area contributed by atoms with Crippen molar-refractivity contribution in [2.24, 2.45) is 0 Å². The molecular formula is C17H17N5O. The predicted molar refractivity (Wildman–Crippen MR) is 88.3 cm³/mol. The van der Waals surface area contributed by atoms with Gasteiger partial charge in [-0.3, -0.25) is 14.9 Å². The maximum absolute atomic E-state index is 12.7. The summed E-state index contributed by atoms with van der Waals surface area (Å²) < 4.78 is 0. The molecule has 2 aromatic heterocycles. The minimum atomic E-state index is -0.0158. The Kier molecular flexibility index (Phi) is 3.42. The lowest BCUT2D eigenvalue weighted by atomic mass is 10.2. The molecule has 2 N–H and O–H groups in total. The molecule has 1 aromatic carbocycles. The van der Waals surface area contributed by atoms with Gasteiger partial charge in [-0.25, -0.2) is 0 Å². The van der Waals surface area contributed by atoms with Gasteiger partial charge in [-0.2, -0.15) is 5.10 Å². The van der Waals surface area contributed by atoms with E-state index in [2.05, 4.69) is 20.5 Å². The lowest BCUT2D eigenvalue weighted by Crippen LogP contribution is -2.31. The zero-order valence-corrected chi connectivity index (χ0v) is 12.6.